The number of fused-ring (bicyclic) bond motifs is 3. The third kappa shape index (κ3) is 8.80. The van der Waals surface area contributed by atoms with Crippen molar-refractivity contribution in [1.29, 1.82) is 0 Å². The van der Waals surface area contributed by atoms with Gasteiger partial charge in [0.2, 0.25) is 35.4 Å². The summed E-state index contributed by atoms with van der Waals surface area (Å²) in [7, 11) is 1.66. The second-order valence-electron chi connectivity index (χ2n) is 15.6. The molecule has 0 spiro atoms. The molecule has 14 nitrogen and oxygen atoms in total. The van der Waals surface area contributed by atoms with E-state index >= 15 is 0 Å². The van der Waals surface area contributed by atoms with Gasteiger partial charge in [-0.2, -0.15) is 0 Å². The zero-order valence-electron chi connectivity index (χ0n) is 32.3. The monoisotopic (exact) mass is 788 g/mol. The van der Waals surface area contributed by atoms with Crippen LogP contribution in [0.25, 0.3) is 10.9 Å². The Morgan fingerprint density at radius 1 is 0.810 bits per heavy atom. The first-order valence-electron chi connectivity index (χ1n) is 19.9. The van der Waals surface area contributed by atoms with Crippen molar-refractivity contribution in [2.75, 3.05) is 7.05 Å². The number of carbonyl (C=O) groups is 7. The summed E-state index contributed by atoms with van der Waals surface area (Å²) < 4.78 is 1.35. The van der Waals surface area contributed by atoms with Gasteiger partial charge >= 0.3 is 5.97 Å². The molecule has 3 aromatic carbocycles. The van der Waals surface area contributed by atoms with Crippen LogP contribution >= 0.6 is 0 Å². The van der Waals surface area contributed by atoms with Gasteiger partial charge in [-0.25, -0.2) is 0 Å². The van der Waals surface area contributed by atoms with Gasteiger partial charge in [-0.3, -0.25) is 38.1 Å². The fourth-order valence-corrected chi connectivity index (χ4v) is 8.79. The zero-order valence-corrected chi connectivity index (χ0v) is 32.3. The predicted octanol–water partition coefficient (Wildman–Crippen LogP) is 3.22. The molecule has 5 amide bonds. The Labute approximate surface area is 335 Å². The maximum Gasteiger partial charge on any atom is 0.303 e. The molecule has 4 atom stereocenters. The van der Waals surface area contributed by atoms with Crippen molar-refractivity contribution in [3.8, 4) is 0 Å². The molecule has 3 aliphatic heterocycles. The van der Waals surface area contributed by atoms with E-state index in [0.717, 1.165) is 36.8 Å². The zero-order chi connectivity index (χ0) is 40.9. The molecule has 3 saturated heterocycles. The number of benzene rings is 3. The highest BCUT2D eigenvalue weighted by Gasteiger charge is 2.52. The highest BCUT2D eigenvalue weighted by molar-refractivity contribution is 6.01. The Bertz CT molecular complexity index is 2200. The number of piperazine rings is 1. The van der Waals surface area contributed by atoms with Crippen LogP contribution in [0.4, 0.5) is 0 Å². The molecular weight excluding hydrogens is 741 g/mol. The Morgan fingerprint density at radius 3 is 2.16 bits per heavy atom. The minimum Gasteiger partial charge on any atom is -0.481 e. The first-order chi connectivity index (χ1) is 28.0. The summed E-state index contributed by atoms with van der Waals surface area (Å²) in [5, 5.41) is 18.3. The molecule has 1 aromatic heterocycles. The lowest BCUT2D eigenvalue weighted by atomic mass is 9.73. The van der Waals surface area contributed by atoms with Gasteiger partial charge in [0.05, 0.1) is 18.4 Å². The number of hydrogen-bond acceptors (Lipinski definition) is 7. The van der Waals surface area contributed by atoms with Gasteiger partial charge in [0.1, 0.15) is 24.2 Å². The summed E-state index contributed by atoms with van der Waals surface area (Å²) in [6.07, 6.45) is 3.94. The average molecular weight is 789 g/mol. The number of amides is 5. The minimum absolute atomic E-state index is 0.0488. The lowest BCUT2D eigenvalue weighted by Gasteiger charge is -2.53. The van der Waals surface area contributed by atoms with Gasteiger partial charge in [-0.15, -0.1) is 0 Å². The van der Waals surface area contributed by atoms with Crippen LogP contribution in [0.1, 0.15) is 66.4 Å². The quantitative estimate of drug-likeness (QED) is 0.141. The maximum atomic E-state index is 14.5. The number of aliphatic carboxylic acids is 1. The van der Waals surface area contributed by atoms with Crippen LogP contribution in [0.2, 0.25) is 0 Å². The average Bonchev–Trinajstić information content (AvgIpc) is 3.60. The van der Waals surface area contributed by atoms with E-state index in [9.17, 15) is 38.7 Å². The Kier molecular flexibility index (Phi) is 12.0. The number of para-hydroxylation sites is 1. The van der Waals surface area contributed by atoms with Crippen molar-refractivity contribution in [3.05, 3.63) is 108 Å². The van der Waals surface area contributed by atoms with Gasteiger partial charge in [0, 0.05) is 50.5 Å². The Hall–Kier alpha value is -6.31. The summed E-state index contributed by atoms with van der Waals surface area (Å²) >= 11 is 0. The second kappa shape index (κ2) is 17.5. The van der Waals surface area contributed by atoms with Gasteiger partial charge in [0.15, 0.2) is 0 Å². The number of carbonyl (C=O) groups excluding carboxylic acids is 6. The largest absolute Gasteiger partial charge is 0.481 e. The van der Waals surface area contributed by atoms with Crippen molar-refractivity contribution in [3.63, 3.8) is 0 Å². The molecule has 4 N–H and O–H groups in total. The lowest BCUT2D eigenvalue weighted by molar-refractivity contribution is -0.163. The molecule has 1 aliphatic carbocycles. The molecule has 4 aromatic rings. The molecule has 4 heterocycles. The SMILES string of the molecule is CN(Cc1ccccc1)C(=O)[C@H](Cc1ccccc1)NC(=O)[C@@H](Cc1cn(C(=O)CCC(=O)O)c2ccccc12)NC(=O)CC1NC(=O)C2C3CCC(CC3)N2C1=O. The summed E-state index contributed by atoms with van der Waals surface area (Å²) in [5.74, 6) is -3.75. The van der Waals surface area contributed by atoms with Gasteiger partial charge in [0.25, 0.3) is 0 Å². The molecule has 2 bridgehead atoms. The topological polar surface area (TPSA) is 187 Å². The fourth-order valence-electron chi connectivity index (χ4n) is 8.79. The number of likely N-dealkylation sites (N-methyl/N-ethyl adjacent to an activating group) is 1. The highest BCUT2D eigenvalue weighted by atomic mass is 16.4. The van der Waals surface area contributed by atoms with E-state index in [-0.39, 0.29) is 61.9 Å². The van der Waals surface area contributed by atoms with Gasteiger partial charge < -0.3 is 30.9 Å². The van der Waals surface area contributed by atoms with Crippen LogP contribution in [-0.2, 0) is 48.2 Å². The van der Waals surface area contributed by atoms with E-state index in [4.69, 9.17) is 0 Å². The lowest BCUT2D eigenvalue weighted by Crippen LogP contribution is -2.71. The molecule has 14 heteroatoms. The van der Waals surface area contributed by atoms with E-state index in [1.54, 1.807) is 36.2 Å². The standard InChI is InChI=1S/C44H48N6O8/c1-48(25-28-12-6-3-7-13-28)43(57)34(22-27-10-4-2-5-11-27)46-41(55)33(23-30-26-49(38(52)20-21-39(53)54)36-15-9-8-14-32(30)36)45-37(51)24-35-44(58)50-31-18-16-29(17-19-31)40(50)42(56)47-35/h2-15,26,29,31,33-35,40H,16-25H2,1H3,(H,45,51)(H,46,55)(H,47,56)(H,53,54)/t29?,31?,33-,34+,35?,40?/m1/s1. The van der Waals surface area contributed by atoms with E-state index in [1.807, 2.05) is 60.7 Å². The molecule has 8 rings (SSSR count). The first-order valence-corrected chi connectivity index (χ1v) is 19.9. The smallest absolute Gasteiger partial charge is 0.303 e. The molecular formula is C44H48N6O8. The molecule has 1 saturated carbocycles. The molecule has 302 valence electrons. The number of aromatic nitrogens is 1. The van der Waals surface area contributed by atoms with Crippen molar-refractivity contribution >= 4 is 52.3 Å². The number of nitrogens with one attached hydrogen (secondary N) is 3. The predicted molar refractivity (Wildman–Crippen MR) is 213 cm³/mol. The van der Waals surface area contributed by atoms with Gasteiger partial charge in [-0.1, -0.05) is 78.9 Å². The number of rotatable bonds is 15. The normalized spacial score (nSPS) is 20.7. The molecule has 2 unspecified atom stereocenters. The molecule has 4 aliphatic rings. The second-order valence-corrected chi connectivity index (χ2v) is 15.6. The molecule has 4 fully saturated rings. The summed E-state index contributed by atoms with van der Waals surface area (Å²) in [5.41, 5.74) is 2.71. The van der Waals surface area contributed by atoms with E-state index < -0.39 is 54.3 Å². The van der Waals surface area contributed by atoms with Crippen molar-refractivity contribution in [1.82, 2.24) is 30.3 Å². The highest BCUT2D eigenvalue weighted by Crippen LogP contribution is 2.41. The van der Waals surface area contributed by atoms with Crippen LogP contribution in [0.15, 0.2) is 91.1 Å². The van der Waals surface area contributed by atoms with Crippen LogP contribution in [0, 0.1) is 5.92 Å². The Morgan fingerprint density at radius 2 is 1.47 bits per heavy atom. The molecule has 0 radical (unpaired) electrons. The number of piperidine rings is 2. The number of hydrogen-bond donors (Lipinski definition) is 4. The van der Waals surface area contributed by atoms with E-state index in [0.29, 0.717) is 16.5 Å². The summed E-state index contributed by atoms with van der Waals surface area (Å²) in [4.78, 5) is 97.4. The summed E-state index contributed by atoms with van der Waals surface area (Å²) in [6.45, 7) is 0.289. The third-order valence-corrected chi connectivity index (χ3v) is 11.6. The maximum absolute atomic E-state index is 14.5. The van der Waals surface area contributed by atoms with Crippen molar-refractivity contribution < 1.29 is 38.7 Å². The van der Waals surface area contributed by atoms with E-state index in [2.05, 4.69) is 16.0 Å². The van der Waals surface area contributed by atoms with Crippen LogP contribution in [-0.4, -0.2) is 98.1 Å². The van der Waals surface area contributed by atoms with Gasteiger partial charge in [-0.05, 0) is 54.4 Å². The number of carboxylic acids is 1. The number of nitrogens with zero attached hydrogens (tertiary/aromatic N) is 3. The van der Waals surface area contributed by atoms with Crippen LogP contribution < -0.4 is 16.0 Å². The van der Waals surface area contributed by atoms with Crippen LogP contribution in [0.5, 0.6) is 0 Å². The molecule has 58 heavy (non-hydrogen) atoms. The third-order valence-electron chi connectivity index (χ3n) is 11.6. The Balaban J connectivity index is 1.16. The first kappa shape index (κ1) is 39.9. The summed E-state index contributed by atoms with van der Waals surface area (Å²) in [6, 6.07) is 21.6. The van der Waals surface area contributed by atoms with Crippen LogP contribution in [0.3, 0.4) is 0 Å². The fraction of sp³-hybridized carbons (Fsp3) is 0.386. The van der Waals surface area contributed by atoms with Crippen molar-refractivity contribution in [2.24, 2.45) is 5.92 Å². The van der Waals surface area contributed by atoms with Crippen molar-refractivity contribution in [2.45, 2.75) is 94.5 Å². The van der Waals surface area contributed by atoms with E-state index in [1.165, 1.54) is 15.7 Å². The number of carboxylic acid groups (broad SMARTS) is 1. The minimum atomic E-state index is -1.29.